The van der Waals surface area contributed by atoms with Gasteiger partial charge in [0.2, 0.25) is 0 Å². The summed E-state index contributed by atoms with van der Waals surface area (Å²) in [6, 6.07) is 5.15. The number of sulfone groups is 1. The van der Waals surface area contributed by atoms with Gasteiger partial charge in [-0.2, -0.15) is 13.2 Å². The third-order valence-corrected chi connectivity index (χ3v) is 5.63. The number of nitrogens with zero attached hydrogens (tertiary/aromatic N) is 1. The molecule has 1 aliphatic rings. The lowest BCUT2D eigenvalue weighted by Gasteiger charge is -2.28. The SMILES string of the molecule is CCCN(Cc1cccc(C(F)(F)F)c1)C1CCS(=O)(=O)C1. The molecule has 0 aliphatic carbocycles. The highest BCUT2D eigenvalue weighted by Gasteiger charge is 2.33. The van der Waals surface area contributed by atoms with Crippen LogP contribution in [0.4, 0.5) is 13.2 Å². The summed E-state index contributed by atoms with van der Waals surface area (Å²) in [5, 5.41) is 0. The van der Waals surface area contributed by atoms with E-state index >= 15 is 0 Å². The maximum absolute atomic E-state index is 12.8. The Balaban J connectivity index is 2.15. The van der Waals surface area contributed by atoms with Crippen molar-refractivity contribution in [3.8, 4) is 0 Å². The molecule has 1 fully saturated rings. The number of halogens is 3. The average molecular weight is 335 g/mol. The summed E-state index contributed by atoms with van der Waals surface area (Å²) in [5.74, 6) is 0.270. The van der Waals surface area contributed by atoms with Gasteiger partial charge in [0.15, 0.2) is 9.84 Å². The highest BCUT2D eigenvalue weighted by molar-refractivity contribution is 7.91. The molecule has 0 saturated carbocycles. The van der Waals surface area contributed by atoms with Crippen LogP contribution in [-0.4, -0.2) is 37.4 Å². The number of rotatable bonds is 5. The summed E-state index contributed by atoms with van der Waals surface area (Å²) >= 11 is 0. The summed E-state index contributed by atoms with van der Waals surface area (Å²) in [7, 11) is -3.00. The van der Waals surface area contributed by atoms with Gasteiger partial charge in [0.25, 0.3) is 0 Å². The lowest BCUT2D eigenvalue weighted by molar-refractivity contribution is -0.137. The van der Waals surface area contributed by atoms with Crippen LogP contribution in [0.1, 0.15) is 30.9 Å². The first kappa shape index (κ1) is 17.3. The minimum Gasteiger partial charge on any atom is -0.295 e. The standard InChI is InChI=1S/C15H20F3NO2S/c1-2-7-19(14-6-8-22(20,21)11-14)10-12-4-3-5-13(9-12)15(16,17)18/h3-5,9,14H,2,6-8,10-11H2,1H3. The van der Waals surface area contributed by atoms with Gasteiger partial charge in [0.05, 0.1) is 17.1 Å². The van der Waals surface area contributed by atoms with Crippen LogP contribution in [0.2, 0.25) is 0 Å². The van der Waals surface area contributed by atoms with Crippen LogP contribution in [0.15, 0.2) is 24.3 Å². The first-order chi connectivity index (χ1) is 10.2. The van der Waals surface area contributed by atoms with E-state index in [4.69, 9.17) is 0 Å². The predicted octanol–water partition coefficient (Wildman–Crippen LogP) is 3.10. The van der Waals surface area contributed by atoms with Crippen LogP contribution < -0.4 is 0 Å². The Kier molecular flexibility index (Phi) is 5.17. The second-order valence-corrected chi connectivity index (χ2v) is 7.95. The molecule has 1 unspecified atom stereocenters. The minimum absolute atomic E-state index is 0.0977. The van der Waals surface area contributed by atoms with Crippen molar-refractivity contribution in [2.75, 3.05) is 18.1 Å². The maximum atomic E-state index is 12.8. The molecule has 0 aromatic heterocycles. The van der Waals surface area contributed by atoms with Gasteiger partial charge in [-0.25, -0.2) is 8.42 Å². The molecule has 0 bridgehead atoms. The van der Waals surface area contributed by atoms with Crippen molar-refractivity contribution in [3.05, 3.63) is 35.4 Å². The first-order valence-electron chi connectivity index (χ1n) is 7.32. The highest BCUT2D eigenvalue weighted by atomic mass is 32.2. The van der Waals surface area contributed by atoms with Crippen molar-refractivity contribution < 1.29 is 21.6 Å². The molecular formula is C15H20F3NO2S. The lowest BCUT2D eigenvalue weighted by Crippen LogP contribution is -2.36. The monoisotopic (exact) mass is 335 g/mol. The predicted molar refractivity (Wildman–Crippen MR) is 79.2 cm³/mol. The Morgan fingerprint density at radius 1 is 1.32 bits per heavy atom. The Morgan fingerprint density at radius 2 is 2.05 bits per heavy atom. The molecule has 0 N–H and O–H groups in total. The van der Waals surface area contributed by atoms with Gasteiger partial charge in [-0.3, -0.25) is 4.90 Å². The number of benzene rings is 1. The average Bonchev–Trinajstić information content (AvgIpc) is 2.78. The smallest absolute Gasteiger partial charge is 0.295 e. The topological polar surface area (TPSA) is 37.4 Å². The normalized spacial score (nSPS) is 21.4. The van der Waals surface area contributed by atoms with E-state index in [9.17, 15) is 21.6 Å². The maximum Gasteiger partial charge on any atom is 0.416 e. The Hall–Kier alpha value is -1.08. The molecule has 1 saturated heterocycles. The van der Waals surface area contributed by atoms with Crippen LogP contribution in [0.25, 0.3) is 0 Å². The zero-order valence-corrected chi connectivity index (χ0v) is 13.3. The molecule has 7 heteroatoms. The number of alkyl halides is 3. The van der Waals surface area contributed by atoms with Crippen LogP contribution in [0.5, 0.6) is 0 Å². The van der Waals surface area contributed by atoms with Gasteiger partial charge in [-0.05, 0) is 31.0 Å². The van der Waals surface area contributed by atoms with Gasteiger partial charge >= 0.3 is 6.18 Å². The first-order valence-corrected chi connectivity index (χ1v) is 9.14. The van der Waals surface area contributed by atoms with E-state index < -0.39 is 21.6 Å². The van der Waals surface area contributed by atoms with Crippen molar-refractivity contribution >= 4 is 9.84 Å². The van der Waals surface area contributed by atoms with Crippen LogP contribution in [0.3, 0.4) is 0 Å². The minimum atomic E-state index is -4.36. The third kappa shape index (κ3) is 4.46. The Morgan fingerprint density at radius 3 is 2.59 bits per heavy atom. The van der Waals surface area contributed by atoms with Crippen molar-refractivity contribution in [2.24, 2.45) is 0 Å². The van der Waals surface area contributed by atoms with E-state index in [2.05, 4.69) is 0 Å². The molecule has 2 rings (SSSR count). The van der Waals surface area contributed by atoms with Gasteiger partial charge in [0.1, 0.15) is 0 Å². The van der Waals surface area contributed by atoms with Gasteiger partial charge in [-0.15, -0.1) is 0 Å². The van der Waals surface area contributed by atoms with Crippen LogP contribution in [0, 0.1) is 0 Å². The second-order valence-electron chi connectivity index (χ2n) is 5.73. The van der Waals surface area contributed by atoms with Crippen LogP contribution >= 0.6 is 0 Å². The summed E-state index contributed by atoms with van der Waals surface area (Å²) in [6.45, 7) is 3.00. The van der Waals surface area contributed by atoms with Gasteiger partial charge in [-0.1, -0.05) is 25.1 Å². The largest absolute Gasteiger partial charge is 0.416 e. The highest BCUT2D eigenvalue weighted by Crippen LogP contribution is 2.30. The van der Waals surface area contributed by atoms with Crippen molar-refractivity contribution in [2.45, 2.75) is 38.5 Å². The molecule has 1 aromatic carbocycles. The molecule has 1 aromatic rings. The van der Waals surface area contributed by atoms with E-state index in [0.717, 1.165) is 18.6 Å². The van der Waals surface area contributed by atoms with E-state index in [-0.39, 0.29) is 17.5 Å². The lowest BCUT2D eigenvalue weighted by atomic mass is 10.1. The number of hydrogen-bond donors (Lipinski definition) is 0. The van der Waals surface area contributed by atoms with Crippen molar-refractivity contribution in [1.29, 1.82) is 0 Å². The second kappa shape index (κ2) is 6.58. The van der Waals surface area contributed by atoms with E-state index in [0.29, 0.717) is 25.1 Å². The third-order valence-electron chi connectivity index (χ3n) is 3.88. The molecule has 0 amide bonds. The molecule has 1 atom stereocenters. The zero-order valence-electron chi connectivity index (χ0n) is 12.4. The summed E-state index contributed by atoms with van der Waals surface area (Å²) in [6.07, 6.45) is -2.97. The van der Waals surface area contributed by atoms with Gasteiger partial charge < -0.3 is 0 Å². The quantitative estimate of drug-likeness (QED) is 0.830. The fraction of sp³-hybridized carbons (Fsp3) is 0.600. The summed E-state index contributed by atoms with van der Waals surface area (Å²) in [4.78, 5) is 1.99. The van der Waals surface area contributed by atoms with Crippen molar-refractivity contribution in [3.63, 3.8) is 0 Å². The zero-order chi connectivity index (χ0) is 16.4. The molecule has 0 spiro atoms. The molecule has 3 nitrogen and oxygen atoms in total. The molecule has 1 aliphatic heterocycles. The summed E-state index contributed by atoms with van der Waals surface area (Å²) < 4.78 is 61.5. The molecule has 22 heavy (non-hydrogen) atoms. The van der Waals surface area contributed by atoms with E-state index in [1.807, 2.05) is 11.8 Å². The van der Waals surface area contributed by atoms with Gasteiger partial charge in [0, 0.05) is 12.6 Å². The fourth-order valence-electron chi connectivity index (χ4n) is 2.82. The fourth-order valence-corrected chi connectivity index (χ4v) is 4.58. The van der Waals surface area contributed by atoms with Crippen LogP contribution in [-0.2, 0) is 22.6 Å². The molecule has 1 heterocycles. The van der Waals surface area contributed by atoms with E-state index in [1.165, 1.54) is 6.07 Å². The summed E-state index contributed by atoms with van der Waals surface area (Å²) in [5.41, 5.74) is -0.104. The molecular weight excluding hydrogens is 315 g/mol. The van der Waals surface area contributed by atoms with Crippen molar-refractivity contribution in [1.82, 2.24) is 4.90 Å². The molecule has 0 radical (unpaired) electrons. The Labute approximate surface area is 129 Å². The Bertz CT molecular complexity index is 613. The molecule has 124 valence electrons. The number of hydrogen-bond acceptors (Lipinski definition) is 3. The van der Waals surface area contributed by atoms with E-state index in [1.54, 1.807) is 6.07 Å².